The molecule has 0 atom stereocenters. The van der Waals surface area contributed by atoms with Gasteiger partial charge in [-0.05, 0) is 51.5 Å². The molecule has 1 aromatic heterocycles. The van der Waals surface area contributed by atoms with Crippen molar-refractivity contribution in [2.45, 2.75) is 58.0 Å². The number of ether oxygens (including phenoxy) is 2. The summed E-state index contributed by atoms with van der Waals surface area (Å²) >= 11 is 0. The highest BCUT2D eigenvalue weighted by molar-refractivity contribution is 5.92. The van der Waals surface area contributed by atoms with Crippen LogP contribution in [0.1, 0.15) is 45.4 Å². The number of likely N-dealkylation sites (tertiary alicyclic amines) is 1. The van der Waals surface area contributed by atoms with Gasteiger partial charge in [0.25, 0.3) is 0 Å². The molecule has 6 nitrogen and oxygen atoms in total. The molecule has 0 amide bonds. The van der Waals surface area contributed by atoms with E-state index in [1.165, 1.54) is 12.8 Å². The predicted octanol–water partition coefficient (Wildman–Crippen LogP) is 3.88. The minimum Gasteiger partial charge on any atom is -0.493 e. The highest BCUT2D eigenvalue weighted by Crippen LogP contribution is 2.36. The van der Waals surface area contributed by atoms with E-state index in [2.05, 4.69) is 24.1 Å². The van der Waals surface area contributed by atoms with Crippen molar-refractivity contribution in [2.75, 3.05) is 32.6 Å². The summed E-state index contributed by atoms with van der Waals surface area (Å²) in [6, 6.07) is 5.03. The minimum absolute atomic E-state index is 0.440. The first-order valence-corrected chi connectivity index (χ1v) is 10.5. The average molecular weight is 385 g/mol. The van der Waals surface area contributed by atoms with Crippen LogP contribution in [0.25, 0.3) is 10.9 Å². The summed E-state index contributed by atoms with van der Waals surface area (Å²) in [7, 11) is 3.33. The molecule has 1 saturated heterocycles. The minimum atomic E-state index is 0.440. The molecule has 1 aliphatic heterocycles. The second-order valence-electron chi connectivity index (χ2n) is 8.41. The fraction of sp³-hybridized carbons (Fsp3) is 0.636. The monoisotopic (exact) mass is 384 g/mol. The highest BCUT2D eigenvalue weighted by Gasteiger charge is 2.25. The Kier molecular flexibility index (Phi) is 5.58. The Balaban J connectivity index is 1.64. The summed E-state index contributed by atoms with van der Waals surface area (Å²) in [6.07, 6.45) is 5.82. The molecule has 1 saturated carbocycles. The Bertz CT molecular complexity index is 827. The van der Waals surface area contributed by atoms with E-state index in [0.717, 1.165) is 60.8 Å². The van der Waals surface area contributed by atoms with Gasteiger partial charge in [-0.1, -0.05) is 0 Å². The van der Waals surface area contributed by atoms with E-state index < -0.39 is 0 Å². The number of aromatic nitrogens is 2. The average Bonchev–Trinajstić information content (AvgIpc) is 3.51. The first-order valence-electron chi connectivity index (χ1n) is 10.5. The van der Waals surface area contributed by atoms with E-state index in [1.54, 1.807) is 14.2 Å². The van der Waals surface area contributed by atoms with Crippen LogP contribution in [0.3, 0.4) is 0 Å². The van der Waals surface area contributed by atoms with Gasteiger partial charge >= 0.3 is 0 Å². The van der Waals surface area contributed by atoms with E-state index >= 15 is 0 Å². The van der Waals surface area contributed by atoms with Crippen molar-refractivity contribution in [3.63, 3.8) is 0 Å². The Morgan fingerprint density at radius 3 is 2.32 bits per heavy atom. The molecule has 4 rings (SSSR count). The van der Waals surface area contributed by atoms with Gasteiger partial charge in [0.2, 0.25) is 0 Å². The lowest BCUT2D eigenvalue weighted by molar-refractivity contribution is 0.177. The van der Waals surface area contributed by atoms with Gasteiger partial charge in [-0.25, -0.2) is 9.97 Å². The van der Waals surface area contributed by atoms with Gasteiger partial charge in [0, 0.05) is 43.0 Å². The van der Waals surface area contributed by atoms with Crippen LogP contribution in [0.4, 0.5) is 5.82 Å². The zero-order chi connectivity index (χ0) is 19.7. The normalized spacial score (nSPS) is 18.6. The summed E-state index contributed by atoms with van der Waals surface area (Å²) in [5.74, 6) is 4.04. The number of rotatable bonds is 7. The Labute approximate surface area is 167 Å². The van der Waals surface area contributed by atoms with Crippen LogP contribution in [0, 0.1) is 5.92 Å². The van der Waals surface area contributed by atoms with Crippen molar-refractivity contribution in [2.24, 2.45) is 5.92 Å². The number of piperidine rings is 1. The van der Waals surface area contributed by atoms with Crippen molar-refractivity contribution in [3.05, 3.63) is 18.0 Å². The zero-order valence-corrected chi connectivity index (χ0v) is 17.5. The van der Waals surface area contributed by atoms with Crippen molar-refractivity contribution in [3.8, 4) is 11.5 Å². The second kappa shape index (κ2) is 8.11. The fourth-order valence-electron chi connectivity index (χ4n) is 4.04. The zero-order valence-electron chi connectivity index (χ0n) is 17.5. The van der Waals surface area contributed by atoms with Crippen LogP contribution in [0.5, 0.6) is 11.5 Å². The van der Waals surface area contributed by atoms with Gasteiger partial charge in [-0.3, -0.25) is 0 Å². The molecule has 0 bridgehead atoms. The van der Waals surface area contributed by atoms with E-state index in [9.17, 15) is 0 Å². The number of benzene rings is 1. The first kappa shape index (κ1) is 19.2. The number of anilines is 1. The van der Waals surface area contributed by atoms with Crippen LogP contribution in [0.15, 0.2) is 12.1 Å². The topological polar surface area (TPSA) is 59.5 Å². The molecule has 1 N–H and O–H groups in total. The predicted molar refractivity (Wildman–Crippen MR) is 112 cm³/mol. The SMILES string of the molecule is COc1cc2nc(CC3CC3)nc(NC3CCN(C(C)C)CC3)c2cc1OC. The third kappa shape index (κ3) is 4.17. The van der Waals surface area contributed by atoms with Gasteiger partial charge in [0.05, 0.1) is 19.7 Å². The maximum Gasteiger partial charge on any atom is 0.162 e. The number of hydrogen-bond donors (Lipinski definition) is 1. The maximum absolute atomic E-state index is 5.52. The molecule has 0 spiro atoms. The third-order valence-corrected chi connectivity index (χ3v) is 6.02. The number of fused-ring (bicyclic) bond motifs is 1. The van der Waals surface area contributed by atoms with Gasteiger partial charge in [0.1, 0.15) is 11.6 Å². The summed E-state index contributed by atoms with van der Waals surface area (Å²) in [5.41, 5.74) is 0.922. The molecule has 0 unspecified atom stereocenters. The quantitative estimate of drug-likeness (QED) is 0.782. The summed E-state index contributed by atoms with van der Waals surface area (Å²) in [4.78, 5) is 12.3. The van der Waals surface area contributed by atoms with Crippen molar-refractivity contribution >= 4 is 16.7 Å². The van der Waals surface area contributed by atoms with Gasteiger partial charge in [-0.15, -0.1) is 0 Å². The first-order chi connectivity index (χ1) is 13.6. The molecule has 152 valence electrons. The molecular formula is C22H32N4O2. The molecular weight excluding hydrogens is 352 g/mol. The Morgan fingerprint density at radius 2 is 1.71 bits per heavy atom. The third-order valence-electron chi connectivity index (χ3n) is 6.02. The molecule has 28 heavy (non-hydrogen) atoms. The molecule has 2 aliphatic rings. The smallest absolute Gasteiger partial charge is 0.162 e. The number of nitrogens with zero attached hydrogens (tertiary/aromatic N) is 3. The molecule has 2 heterocycles. The number of methoxy groups -OCH3 is 2. The highest BCUT2D eigenvalue weighted by atomic mass is 16.5. The van der Waals surface area contributed by atoms with Gasteiger partial charge in [0.15, 0.2) is 11.5 Å². The lowest BCUT2D eigenvalue weighted by Crippen LogP contribution is -2.42. The van der Waals surface area contributed by atoms with Crippen molar-refractivity contribution in [1.29, 1.82) is 0 Å². The number of hydrogen-bond acceptors (Lipinski definition) is 6. The van der Waals surface area contributed by atoms with Crippen LogP contribution >= 0.6 is 0 Å². The molecule has 0 radical (unpaired) electrons. The van der Waals surface area contributed by atoms with Gasteiger partial charge in [-0.2, -0.15) is 0 Å². The standard InChI is InChI=1S/C22H32N4O2/c1-14(2)26-9-7-16(8-10-26)23-22-17-12-19(27-3)20(28-4)13-18(17)24-21(25-22)11-15-5-6-15/h12-16H,5-11H2,1-4H3,(H,23,24,25). The van der Waals surface area contributed by atoms with E-state index in [1.807, 2.05) is 12.1 Å². The van der Waals surface area contributed by atoms with Crippen LogP contribution in [-0.2, 0) is 6.42 Å². The molecule has 1 aromatic carbocycles. The van der Waals surface area contributed by atoms with E-state index in [-0.39, 0.29) is 0 Å². The summed E-state index contributed by atoms with van der Waals surface area (Å²) < 4.78 is 11.0. The lowest BCUT2D eigenvalue weighted by Gasteiger charge is -2.35. The van der Waals surface area contributed by atoms with Gasteiger partial charge < -0.3 is 19.7 Å². The van der Waals surface area contributed by atoms with Crippen LogP contribution < -0.4 is 14.8 Å². The largest absolute Gasteiger partial charge is 0.493 e. The van der Waals surface area contributed by atoms with Crippen LogP contribution in [0.2, 0.25) is 0 Å². The maximum atomic E-state index is 5.52. The van der Waals surface area contributed by atoms with Crippen molar-refractivity contribution in [1.82, 2.24) is 14.9 Å². The Hall–Kier alpha value is -2.08. The molecule has 2 fully saturated rings. The molecule has 1 aliphatic carbocycles. The molecule has 2 aromatic rings. The summed E-state index contributed by atoms with van der Waals surface area (Å²) in [6.45, 7) is 6.81. The molecule has 6 heteroatoms. The van der Waals surface area contributed by atoms with Crippen LogP contribution in [-0.4, -0.2) is 54.3 Å². The van der Waals surface area contributed by atoms with E-state index in [4.69, 9.17) is 19.4 Å². The Morgan fingerprint density at radius 1 is 1.04 bits per heavy atom. The van der Waals surface area contributed by atoms with Crippen molar-refractivity contribution < 1.29 is 9.47 Å². The second-order valence-corrected chi connectivity index (χ2v) is 8.41. The van der Waals surface area contributed by atoms with E-state index in [0.29, 0.717) is 23.6 Å². The lowest BCUT2D eigenvalue weighted by atomic mass is 10.0. The fourth-order valence-corrected chi connectivity index (χ4v) is 4.04. The summed E-state index contributed by atoms with van der Waals surface area (Å²) in [5, 5.41) is 4.74. The number of nitrogens with one attached hydrogen (secondary N) is 1.